The number of ketones is 1. The second-order valence-corrected chi connectivity index (χ2v) is 7.14. The molecule has 0 aliphatic heterocycles. The molecule has 1 atom stereocenters. The Bertz CT molecular complexity index is 1050. The molecular weight excluding hydrogens is 372 g/mol. The van der Waals surface area contributed by atoms with Gasteiger partial charge in [0, 0.05) is 24.6 Å². The maximum atomic E-state index is 12.7. The van der Waals surface area contributed by atoms with Crippen molar-refractivity contribution in [2.45, 2.75) is 45.1 Å². The first-order valence-corrected chi connectivity index (χ1v) is 9.65. The summed E-state index contributed by atoms with van der Waals surface area (Å²) in [5.74, 6) is 1.01. The van der Waals surface area contributed by atoms with E-state index in [1.54, 1.807) is 6.20 Å². The van der Waals surface area contributed by atoms with Crippen LogP contribution in [0.25, 0.3) is 11.4 Å². The van der Waals surface area contributed by atoms with Gasteiger partial charge in [-0.05, 0) is 36.0 Å². The van der Waals surface area contributed by atoms with Crippen molar-refractivity contribution in [2.24, 2.45) is 0 Å². The molecule has 0 unspecified atom stereocenters. The van der Waals surface area contributed by atoms with Crippen molar-refractivity contribution in [1.82, 2.24) is 19.9 Å². The van der Waals surface area contributed by atoms with Crippen LogP contribution in [0.2, 0.25) is 0 Å². The Balaban J connectivity index is 1.45. The molecule has 1 aliphatic carbocycles. The number of methoxy groups -OCH3 is 1. The molecule has 0 bridgehead atoms. The Morgan fingerprint density at radius 1 is 1.34 bits per heavy atom. The third kappa shape index (κ3) is 3.96. The zero-order valence-corrected chi connectivity index (χ0v) is 16.4. The number of hydrogen-bond acceptors (Lipinski definition) is 7. The molecule has 150 valence electrons. The summed E-state index contributed by atoms with van der Waals surface area (Å²) in [7, 11) is 1.32. The Hall–Kier alpha value is -3.29. The fourth-order valence-electron chi connectivity index (χ4n) is 3.71. The van der Waals surface area contributed by atoms with E-state index in [1.807, 2.05) is 13.0 Å². The Labute approximate surface area is 167 Å². The lowest BCUT2D eigenvalue weighted by molar-refractivity contribution is -0.141. The number of hydrogen-bond donors (Lipinski definition) is 0. The predicted molar refractivity (Wildman–Crippen MR) is 103 cm³/mol. The van der Waals surface area contributed by atoms with Crippen LogP contribution in [0.15, 0.2) is 35.1 Å². The number of nitrogens with zero attached hydrogens (tertiary/aromatic N) is 4. The summed E-state index contributed by atoms with van der Waals surface area (Å²) in [5.41, 5.74) is 3.87. The maximum absolute atomic E-state index is 12.7. The highest BCUT2D eigenvalue weighted by Gasteiger charge is 2.26. The third-order valence-corrected chi connectivity index (χ3v) is 5.28. The van der Waals surface area contributed by atoms with E-state index in [9.17, 15) is 9.59 Å². The summed E-state index contributed by atoms with van der Waals surface area (Å²) in [4.78, 5) is 28.4. The minimum Gasteiger partial charge on any atom is -0.468 e. The molecule has 8 heteroatoms. The number of aromatic nitrogens is 4. The summed E-state index contributed by atoms with van der Waals surface area (Å²) in [5, 5.41) is 8.11. The monoisotopic (exact) mass is 394 g/mol. The fraction of sp³-hybridized carbons (Fsp3) is 0.381. The van der Waals surface area contributed by atoms with E-state index in [1.165, 1.54) is 29.1 Å². The smallest absolute Gasteiger partial charge is 0.327 e. The number of carbonyl (C=O) groups is 2. The molecule has 2 aromatic heterocycles. The quantitative estimate of drug-likeness (QED) is 0.448. The molecule has 0 radical (unpaired) electrons. The number of esters is 1. The molecule has 2 heterocycles. The fourth-order valence-corrected chi connectivity index (χ4v) is 3.71. The highest BCUT2D eigenvalue weighted by Crippen LogP contribution is 2.38. The topological polar surface area (TPSA) is 100 Å². The molecular formula is C21H22N4O4. The first kappa shape index (κ1) is 19.0. The molecule has 1 aliphatic rings. The van der Waals surface area contributed by atoms with Gasteiger partial charge >= 0.3 is 5.97 Å². The average Bonchev–Trinajstić information content (AvgIpc) is 3.47. The Morgan fingerprint density at radius 3 is 2.97 bits per heavy atom. The van der Waals surface area contributed by atoms with Crippen molar-refractivity contribution in [2.75, 3.05) is 7.11 Å². The minimum absolute atomic E-state index is 0.00531. The standard InChI is InChI=1S/C21H22N4O4/c1-3-19-23-21(24-29-19)15-6-7-17-13(8-15)4-5-14(17)9-18(26)16-10-22-25(11-16)12-20(27)28-2/h6-8,10-11,14H,3-5,9,12H2,1-2H3/t14-/m0/s1. The van der Waals surface area contributed by atoms with E-state index in [4.69, 9.17) is 4.52 Å². The summed E-state index contributed by atoms with van der Waals surface area (Å²) in [6.45, 7) is 1.97. The number of fused-ring (bicyclic) bond motifs is 1. The van der Waals surface area contributed by atoms with Gasteiger partial charge in [0.25, 0.3) is 0 Å². The van der Waals surface area contributed by atoms with Crippen molar-refractivity contribution in [1.29, 1.82) is 0 Å². The van der Waals surface area contributed by atoms with Gasteiger partial charge < -0.3 is 9.26 Å². The number of benzene rings is 1. The van der Waals surface area contributed by atoms with Crippen LogP contribution < -0.4 is 0 Å². The van der Waals surface area contributed by atoms with E-state index in [-0.39, 0.29) is 18.2 Å². The van der Waals surface area contributed by atoms with Gasteiger partial charge in [0.05, 0.1) is 18.9 Å². The SMILES string of the molecule is CCc1nc(-c2ccc3c(c2)CC[C@H]3CC(=O)c2cnn(CC(=O)OC)c2)no1. The Kier molecular flexibility index (Phi) is 5.24. The molecule has 29 heavy (non-hydrogen) atoms. The van der Waals surface area contributed by atoms with Crippen molar-refractivity contribution in [3.63, 3.8) is 0 Å². The van der Waals surface area contributed by atoms with Crippen molar-refractivity contribution < 1.29 is 18.8 Å². The zero-order valence-electron chi connectivity index (χ0n) is 16.4. The molecule has 3 aromatic rings. The summed E-state index contributed by atoms with van der Waals surface area (Å²) >= 11 is 0. The van der Waals surface area contributed by atoms with Crippen LogP contribution >= 0.6 is 0 Å². The lowest BCUT2D eigenvalue weighted by atomic mass is 9.93. The molecule has 0 amide bonds. The van der Waals surface area contributed by atoms with Crippen LogP contribution in [-0.4, -0.2) is 38.8 Å². The van der Waals surface area contributed by atoms with Crippen LogP contribution in [0, 0.1) is 0 Å². The predicted octanol–water partition coefficient (Wildman–Crippen LogP) is 2.97. The van der Waals surface area contributed by atoms with E-state index in [0.29, 0.717) is 30.1 Å². The number of carbonyl (C=O) groups excluding carboxylic acids is 2. The minimum atomic E-state index is -0.403. The second-order valence-electron chi connectivity index (χ2n) is 7.14. The van der Waals surface area contributed by atoms with Crippen LogP contribution in [-0.2, 0) is 28.9 Å². The number of rotatable bonds is 7. The molecule has 0 saturated carbocycles. The van der Waals surface area contributed by atoms with Crippen LogP contribution in [0.4, 0.5) is 0 Å². The Morgan fingerprint density at radius 2 is 2.21 bits per heavy atom. The van der Waals surface area contributed by atoms with E-state index >= 15 is 0 Å². The zero-order chi connectivity index (χ0) is 20.4. The van der Waals surface area contributed by atoms with Gasteiger partial charge in [-0.15, -0.1) is 0 Å². The molecule has 4 rings (SSSR count). The van der Waals surface area contributed by atoms with Gasteiger partial charge in [-0.25, -0.2) is 0 Å². The number of aryl methyl sites for hydroxylation is 2. The van der Waals surface area contributed by atoms with Gasteiger partial charge in [-0.2, -0.15) is 10.1 Å². The third-order valence-electron chi connectivity index (χ3n) is 5.28. The van der Waals surface area contributed by atoms with Crippen molar-refractivity contribution >= 4 is 11.8 Å². The van der Waals surface area contributed by atoms with Crippen molar-refractivity contribution in [3.8, 4) is 11.4 Å². The first-order chi connectivity index (χ1) is 14.1. The molecule has 8 nitrogen and oxygen atoms in total. The summed E-state index contributed by atoms with van der Waals surface area (Å²) < 4.78 is 11.2. The van der Waals surface area contributed by atoms with Gasteiger partial charge in [0.2, 0.25) is 11.7 Å². The van der Waals surface area contributed by atoms with E-state index in [0.717, 1.165) is 18.4 Å². The maximum Gasteiger partial charge on any atom is 0.327 e. The normalized spacial score (nSPS) is 15.3. The van der Waals surface area contributed by atoms with Gasteiger partial charge in [0.15, 0.2) is 5.78 Å². The molecule has 0 N–H and O–H groups in total. The first-order valence-electron chi connectivity index (χ1n) is 9.65. The van der Waals surface area contributed by atoms with Gasteiger partial charge in [-0.3, -0.25) is 14.3 Å². The van der Waals surface area contributed by atoms with Gasteiger partial charge in [-0.1, -0.05) is 24.2 Å². The molecule has 1 aromatic carbocycles. The summed E-state index contributed by atoms with van der Waals surface area (Å²) in [6, 6.07) is 6.15. The lowest BCUT2D eigenvalue weighted by Crippen LogP contribution is -2.11. The van der Waals surface area contributed by atoms with E-state index < -0.39 is 5.97 Å². The highest BCUT2D eigenvalue weighted by molar-refractivity contribution is 5.96. The highest BCUT2D eigenvalue weighted by atomic mass is 16.5. The van der Waals surface area contributed by atoms with Gasteiger partial charge in [0.1, 0.15) is 6.54 Å². The number of ether oxygens (including phenoxy) is 1. The van der Waals surface area contributed by atoms with Crippen LogP contribution in [0.1, 0.15) is 53.1 Å². The largest absolute Gasteiger partial charge is 0.468 e. The molecule has 0 saturated heterocycles. The van der Waals surface area contributed by atoms with Crippen LogP contribution in [0.5, 0.6) is 0 Å². The second kappa shape index (κ2) is 7.98. The van der Waals surface area contributed by atoms with E-state index in [2.05, 4.69) is 32.1 Å². The lowest BCUT2D eigenvalue weighted by Gasteiger charge is -2.10. The molecule has 0 spiro atoms. The number of Topliss-reactive ketones (excluding diaryl/α,β-unsaturated/α-hetero) is 1. The van der Waals surface area contributed by atoms with Crippen molar-refractivity contribution in [3.05, 3.63) is 53.2 Å². The van der Waals surface area contributed by atoms with Crippen LogP contribution in [0.3, 0.4) is 0 Å². The molecule has 0 fully saturated rings. The summed E-state index contributed by atoms with van der Waals surface area (Å²) in [6.07, 6.45) is 6.07. The average molecular weight is 394 g/mol.